The van der Waals surface area contributed by atoms with Crippen molar-refractivity contribution in [3.8, 4) is 27.8 Å². The van der Waals surface area contributed by atoms with Crippen molar-refractivity contribution in [1.29, 1.82) is 0 Å². The van der Waals surface area contributed by atoms with Gasteiger partial charge in [0.25, 0.3) is 0 Å². The van der Waals surface area contributed by atoms with Crippen molar-refractivity contribution in [2.45, 2.75) is 19.0 Å². The molecule has 0 amide bonds. The van der Waals surface area contributed by atoms with Gasteiger partial charge in [-0.2, -0.15) is 0 Å². The number of nitrogens with one attached hydrogen (secondary N) is 1. The van der Waals surface area contributed by atoms with Gasteiger partial charge in [0, 0.05) is 52.6 Å². The summed E-state index contributed by atoms with van der Waals surface area (Å²) in [4.78, 5) is 23.5. The van der Waals surface area contributed by atoms with Crippen LogP contribution in [0.2, 0.25) is 0 Å². The summed E-state index contributed by atoms with van der Waals surface area (Å²) in [6.45, 7) is 1.13. The number of H-pyrrole nitrogens is 1. The Balaban J connectivity index is 1.48. The topological polar surface area (TPSA) is 96.9 Å². The number of ether oxygens (including phenoxy) is 3. The molecule has 9 heteroatoms. The number of aromatic nitrogens is 2. The first kappa shape index (κ1) is 22.2. The number of carbonyl (C=O) groups is 1. The average molecular weight is 480 g/mol. The smallest absolute Gasteiger partial charge is 0.325 e. The van der Waals surface area contributed by atoms with Crippen LogP contribution >= 0.6 is 11.3 Å². The molecular formula is C25H25N3O5S. The summed E-state index contributed by atoms with van der Waals surface area (Å²) < 4.78 is 16.4. The van der Waals surface area contributed by atoms with Crippen molar-refractivity contribution < 1.29 is 24.1 Å². The number of hydrogen-bond donors (Lipinski definition) is 2. The lowest BCUT2D eigenvalue weighted by atomic mass is 10.0. The van der Waals surface area contributed by atoms with Crippen LogP contribution in [0.1, 0.15) is 22.2 Å². The summed E-state index contributed by atoms with van der Waals surface area (Å²) in [5, 5.41) is 11.9. The van der Waals surface area contributed by atoms with Gasteiger partial charge in [0.15, 0.2) is 11.5 Å². The number of aliphatic carboxylic acids is 1. The van der Waals surface area contributed by atoms with Gasteiger partial charge in [0.2, 0.25) is 5.75 Å². The van der Waals surface area contributed by atoms with Crippen LogP contribution in [0.5, 0.6) is 17.2 Å². The lowest BCUT2D eigenvalue weighted by molar-refractivity contribution is -0.144. The highest BCUT2D eigenvalue weighted by atomic mass is 32.1. The molecule has 2 aromatic heterocycles. The van der Waals surface area contributed by atoms with Gasteiger partial charge >= 0.3 is 5.97 Å². The fourth-order valence-corrected chi connectivity index (χ4v) is 5.69. The van der Waals surface area contributed by atoms with Crippen molar-refractivity contribution in [1.82, 2.24) is 14.9 Å². The Labute approximate surface area is 200 Å². The molecule has 0 saturated heterocycles. The molecule has 1 atom stereocenters. The molecule has 0 radical (unpaired) electrons. The molecule has 8 nitrogen and oxygen atoms in total. The zero-order valence-corrected chi connectivity index (χ0v) is 19.9. The van der Waals surface area contributed by atoms with E-state index in [0.717, 1.165) is 37.6 Å². The molecule has 0 spiro atoms. The standard InChI is InChI=1S/C25H25N3O5S/c1-31-19-10-14(11-20(32-2)23(19)33-3)24-27-18-8-9-28(13-21(18)34-24)22(25(29)30)16-12-26-17-7-5-4-6-15(16)17/h4-7,10-12,22,26H,8-9,13H2,1-3H3,(H,29,30)/t22-/m1/s1. The van der Waals surface area contributed by atoms with E-state index in [1.807, 2.05) is 47.5 Å². The minimum Gasteiger partial charge on any atom is -0.493 e. The number of aromatic amines is 1. The fraction of sp³-hybridized carbons (Fsp3) is 0.280. The Morgan fingerprint density at radius 2 is 1.88 bits per heavy atom. The van der Waals surface area contributed by atoms with Crippen LogP contribution in [0.15, 0.2) is 42.6 Å². The maximum Gasteiger partial charge on any atom is 0.325 e. The number of carboxylic acids is 1. The zero-order valence-electron chi connectivity index (χ0n) is 19.1. The summed E-state index contributed by atoms with van der Waals surface area (Å²) in [5.74, 6) is 0.806. The molecule has 1 aliphatic rings. The maximum atomic E-state index is 12.4. The zero-order chi connectivity index (χ0) is 23.8. The van der Waals surface area contributed by atoms with Gasteiger partial charge < -0.3 is 24.3 Å². The predicted molar refractivity (Wildman–Crippen MR) is 130 cm³/mol. The second kappa shape index (κ2) is 9.00. The highest BCUT2D eigenvalue weighted by Gasteiger charge is 2.33. The molecule has 0 bridgehead atoms. The van der Waals surface area contributed by atoms with Crippen LogP contribution in [-0.4, -0.2) is 53.8 Å². The van der Waals surface area contributed by atoms with E-state index < -0.39 is 12.0 Å². The van der Waals surface area contributed by atoms with Crippen LogP contribution in [0.3, 0.4) is 0 Å². The molecule has 34 heavy (non-hydrogen) atoms. The van der Waals surface area contributed by atoms with E-state index in [2.05, 4.69) is 4.98 Å². The number of carboxylic acid groups (broad SMARTS) is 1. The summed E-state index contributed by atoms with van der Waals surface area (Å²) >= 11 is 1.57. The van der Waals surface area contributed by atoms with Gasteiger partial charge in [-0.25, -0.2) is 4.98 Å². The molecule has 4 aromatic rings. The third-order valence-electron chi connectivity index (χ3n) is 6.19. The Morgan fingerprint density at radius 3 is 2.56 bits per heavy atom. The highest BCUT2D eigenvalue weighted by Crippen LogP contribution is 2.43. The Bertz CT molecular complexity index is 1340. The monoisotopic (exact) mass is 479 g/mol. The molecule has 0 fully saturated rings. The SMILES string of the molecule is COc1cc(-c2nc3c(s2)CN([C@@H](C(=O)O)c2c[nH]c4ccccc24)CC3)cc(OC)c1OC. The molecule has 0 unspecified atom stereocenters. The van der Waals surface area contributed by atoms with Crippen LogP contribution in [-0.2, 0) is 17.8 Å². The Morgan fingerprint density at radius 1 is 1.15 bits per heavy atom. The number of rotatable bonds is 7. The molecule has 5 rings (SSSR count). The molecule has 2 N–H and O–H groups in total. The van der Waals surface area contributed by atoms with Gasteiger partial charge in [-0.3, -0.25) is 9.69 Å². The number of fused-ring (bicyclic) bond motifs is 2. The maximum absolute atomic E-state index is 12.4. The lowest BCUT2D eigenvalue weighted by Gasteiger charge is -2.31. The third-order valence-corrected chi connectivity index (χ3v) is 7.32. The largest absolute Gasteiger partial charge is 0.493 e. The van der Waals surface area contributed by atoms with Crippen LogP contribution in [0.25, 0.3) is 21.5 Å². The van der Waals surface area contributed by atoms with E-state index in [4.69, 9.17) is 19.2 Å². The molecule has 0 saturated carbocycles. The average Bonchev–Trinajstić information content (AvgIpc) is 3.47. The van der Waals surface area contributed by atoms with Crippen molar-refractivity contribution in [2.75, 3.05) is 27.9 Å². The van der Waals surface area contributed by atoms with E-state index in [0.29, 0.717) is 36.8 Å². The van der Waals surface area contributed by atoms with E-state index in [1.54, 1.807) is 32.7 Å². The molecule has 3 heterocycles. The summed E-state index contributed by atoms with van der Waals surface area (Å²) in [5.41, 5.74) is 3.59. The number of hydrogen-bond acceptors (Lipinski definition) is 7. The molecule has 176 valence electrons. The van der Waals surface area contributed by atoms with E-state index in [1.165, 1.54) is 0 Å². The second-order valence-corrected chi connectivity index (χ2v) is 9.14. The normalized spacial score (nSPS) is 14.6. The number of thiazole rings is 1. The van der Waals surface area contributed by atoms with E-state index >= 15 is 0 Å². The van der Waals surface area contributed by atoms with Gasteiger partial charge in [0.05, 0.1) is 27.0 Å². The highest BCUT2D eigenvalue weighted by molar-refractivity contribution is 7.15. The molecule has 1 aliphatic heterocycles. The first-order valence-corrected chi connectivity index (χ1v) is 11.7. The van der Waals surface area contributed by atoms with E-state index in [9.17, 15) is 9.90 Å². The minimum absolute atomic E-state index is 0.522. The van der Waals surface area contributed by atoms with Crippen molar-refractivity contribution in [3.63, 3.8) is 0 Å². The number of benzene rings is 2. The molecular weight excluding hydrogens is 454 g/mol. The summed E-state index contributed by atoms with van der Waals surface area (Å²) in [6, 6.07) is 10.8. The van der Waals surface area contributed by atoms with Crippen molar-refractivity contribution in [3.05, 3.63) is 58.7 Å². The van der Waals surface area contributed by atoms with E-state index in [-0.39, 0.29) is 0 Å². The van der Waals surface area contributed by atoms with Crippen LogP contribution in [0, 0.1) is 0 Å². The number of nitrogens with zero attached hydrogens (tertiary/aromatic N) is 2. The lowest BCUT2D eigenvalue weighted by Crippen LogP contribution is -2.37. The third kappa shape index (κ3) is 3.76. The number of methoxy groups -OCH3 is 3. The van der Waals surface area contributed by atoms with Gasteiger partial charge in [-0.1, -0.05) is 18.2 Å². The summed E-state index contributed by atoms with van der Waals surface area (Å²) in [6.07, 6.45) is 2.50. The number of para-hydroxylation sites is 1. The van der Waals surface area contributed by atoms with Crippen LogP contribution < -0.4 is 14.2 Å². The Hall–Kier alpha value is -3.56. The van der Waals surface area contributed by atoms with Crippen molar-refractivity contribution >= 4 is 28.2 Å². The van der Waals surface area contributed by atoms with Crippen molar-refractivity contribution in [2.24, 2.45) is 0 Å². The van der Waals surface area contributed by atoms with Gasteiger partial charge in [-0.05, 0) is 18.2 Å². The summed E-state index contributed by atoms with van der Waals surface area (Å²) in [7, 11) is 4.74. The molecule has 2 aromatic carbocycles. The predicted octanol–water partition coefficient (Wildman–Crippen LogP) is 4.50. The first-order valence-electron chi connectivity index (χ1n) is 10.9. The quantitative estimate of drug-likeness (QED) is 0.403. The Kier molecular flexibility index (Phi) is 5.89. The van der Waals surface area contributed by atoms with Gasteiger partial charge in [-0.15, -0.1) is 11.3 Å². The fourth-order valence-electron chi connectivity index (χ4n) is 4.57. The van der Waals surface area contributed by atoms with Gasteiger partial charge in [0.1, 0.15) is 11.0 Å². The van der Waals surface area contributed by atoms with Crippen LogP contribution in [0.4, 0.5) is 0 Å². The minimum atomic E-state index is -0.859. The first-order chi connectivity index (χ1) is 16.5. The molecule has 0 aliphatic carbocycles. The second-order valence-electron chi connectivity index (χ2n) is 8.05.